The summed E-state index contributed by atoms with van der Waals surface area (Å²) in [4.78, 5) is 13.6. The van der Waals surface area contributed by atoms with E-state index in [1.54, 1.807) is 43.5 Å². The van der Waals surface area contributed by atoms with Gasteiger partial charge < -0.3 is 29.9 Å². The maximum atomic E-state index is 13.6. The summed E-state index contributed by atoms with van der Waals surface area (Å²) in [5.41, 5.74) is 3.01. The van der Waals surface area contributed by atoms with Gasteiger partial charge in [0.1, 0.15) is 40.1 Å². The Morgan fingerprint density at radius 3 is 1.90 bits per heavy atom. The van der Waals surface area contributed by atoms with E-state index in [0.29, 0.717) is 12.8 Å². The van der Waals surface area contributed by atoms with Crippen molar-refractivity contribution in [2.75, 3.05) is 14.2 Å². The van der Waals surface area contributed by atoms with Crippen LogP contribution in [-0.4, -0.2) is 40.4 Å². The number of aromatic hydroxyl groups is 4. The second-order valence-electron chi connectivity index (χ2n) is 10.8. The molecule has 0 aliphatic rings. The second-order valence-corrected chi connectivity index (χ2v) is 10.8. The molecule has 0 aliphatic carbocycles. The fourth-order valence-electron chi connectivity index (χ4n) is 5.49. The summed E-state index contributed by atoms with van der Waals surface area (Å²) >= 11 is 0. The van der Waals surface area contributed by atoms with E-state index in [1.165, 1.54) is 13.2 Å². The third-order valence-corrected chi connectivity index (χ3v) is 8.06. The Kier molecular flexibility index (Phi) is 9.63. The van der Waals surface area contributed by atoms with Crippen LogP contribution in [0.25, 0.3) is 0 Å². The molecule has 0 aromatic heterocycles. The van der Waals surface area contributed by atoms with E-state index in [9.17, 15) is 25.2 Å². The molecule has 0 aliphatic heterocycles. The first-order chi connectivity index (χ1) is 20.1. The molecule has 0 bridgehead atoms. The van der Waals surface area contributed by atoms with Gasteiger partial charge in [0, 0.05) is 24.0 Å². The van der Waals surface area contributed by atoms with Gasteiger partial charge in [0.05, 0.1) is 14.2 Å². The Morgan fingerprint density at radius 1 is 0.762 bits per heavy atom. The van der Waals surface area contributed by atoms with Crippen LogP contribution < -0.4 is 9.47 Å². The molecule has 42 heavy (non-hydrogen) atoms. The normalized spacial score (nSPS) is 13.2. The average molecular weight is 571 g/mol. The number of benzene rings is 4. The van der Waals surface area contributed by atoms with Gasteiger partial charge >= 0.3 is 0 Å². The standard InChI is InChI=1S/C35H38O7/c1-21(19-24-5-12-26(36)13-6-24)22(2)32(25-10-14-27(37)15-11-25)34-30(39)20-31(42-4)33(35(34)40)29(38)18-9-23-7-16-28(41-3)17-8-23/h5-8,10-17,20-22,32,36-37,39-40H,9,18-19H2,1-4H3/t21-,22+,32-/m1/s1. The van der Waals surface area contributed by atoms with Crippen LogP contribution in [0.1, 0.15) is 58.8 Å². The topological polar surface area (TPSA) is 116 Å². The molecule has 7 heteroatoms. The zero-order valence-electron chi connectivity index (χ0n) is 24.4. The molecule has 4 rings (SSSR count). The molecule has 0 unspecified atom stereocenters. The highest BCUT2D eigenvalue weighted by atomic mass is 16.5. The lowest BCUT2D eigenvalue weighted by Crippen LogP contribution is -2.21. The smallest absolute Gasteiger partial charge is 0.170 e. The van der Waals surface area contributed by atoms with Crippen LogP contribution in [0.4, 0.5) is 0 Å². The van der Waals surface area contributed by atoms with Crippen LogP contribution in [0.15, 0.2) is 78.9 Å². The first-order valence-corrected chi connectivity index (χ1v) is 14.0. The summed E-state index contributed by atoms with van der Waals surface area (Å²) in [5.74, 6) is -0.277. The maximum Gasteiger partial charge on any atom is 0.170 e. The number of hydrogen-bond donors (Lipinski definition) is 4. The van der Waals surface area contributed by atoms with Crippen LogP contribution in [0.5, 0.6) is 34.5 Å². The minimum atomic E-state index is -0.517. The van der Waals surface area contributed by atoms with Crippen molar-refractivity contribution >= 4 is 5.78 Å². The van der Waals surface area contributed by atoms with Gasteiger partial charge in [-0.15, -0.1) is 0 Å². The van der Waals surface area contributed by atoms with Crippen molar-refractivity contribution in [3.05, 3.63) is 107 Å². The Hall–Kier alpha value is -4.65. The van der Waals surface area contributed by atoms with Crippen molar-refractivity contribution < 1.29 is 34.7 Å². The van der Waals surface area contributed by atoms with Crippen LogP contribution in [0, 0.1) is 11.8 Å². The minimum absolute atomic E-state index is 0.0287. The number of aryl methyl sites for hydroxylation is 1. The van der Waals surface area contributed by atoms with Crippen LogP contribution >= 0.6 is 0 Å². The molecule has 0 heterocycles. The van der Waals surface area contributed by atoms with Crippen molar-refractivity contribution in [2.45, 2.75) is 39.0 Å². The molecule has 220 valence electrons. The van der Waals surface area contributed by atoms with Crippen molar-refractivity contribution in [3.8, 4) is 34.5 Å². The monoisotopic (exact) mass is 570 g/mol. The van der Waals surface area contributed by atoms with E-state index in [1.807, 2.05) is 43.3 Å². The molecule has 0 saturated heterocycles. The fraction of sp³-hybridized carbons (Fsp3) is 0.286. The number of Topliss-reactive ketones (excluding diaryl/α,β-unsaturated/α-hetero) is 1. The number of phenols is 4. The van der Waals surface area contributed by atoms with E-state index in [4.69, 9.17) is 9.47 Å². The number of phenolic OH excluding ortho intramolecular Hbond substituents is 4. The molecule has 4 aromatic carbocycles. The van der Waals surface area contributed by atoms with Crippen molar-refractivity contribution in [1.29, 1.82) is 0 Å². The first-order valence-electron chi connectivity index (χ1n) is 14.0. The fourth-order valence-corrected chi connectivity index (χ4v) is 5.49. The van der Waals surface area contributed by atoms with Gasteiger partial charge in [0.2, 0.25) is 0 Å². The van der Waals surface area contributed by atoms with Crippen molar-refractivity contribution in [3.63, 3.8) is 0 Å². The minimum Gasteiger partial charge on any atom is -0.508 e. The largest absolute Gasteiger partial charge is 0.508 e. The molecule has 4 N–H and O–H groups in total. The number of carbonyl (C=O) groups excluding carboxylic acids is 1. The molecular weight excluding hydrogens is 532 g/mol. The van der Waals surface area contributed by atoms with Crippen LogP contribution in [0.3, 0.4) is 0 Å². The summed E-state index contributed by atoms with van der Waals surface area (Å²) in [6, 6.07) is 22.5. The number of carbonyl (C=O) groups is 1. The SMILES string of the molecule is COc1ccc(CCC(=O)c2c(OC)cc(O)c([C@@H](c3ccc(O)cc3)[C@@H](C)[C@H](C)Cc3ccc(O)cc3)c2O)cc1. The highest BCUT2D eigenvalue weighted by Crippen LogP contribution is 2.49. The van der Waals surface area contributed by atoms with Gasteiger partial charge in [-0.1, -0.05) is 50.2 Å². The van der Waals surface area contributed by atoms with Crippen molar-refractivity contribution in [1.82, 2.24) is 0 Å². The molecule has 0 spiro atoms. The van der Waals surface area contributed by atoms with E-state index < -0.39 is 5.92 Å². The third-order valence-electron chi connectivity index (χ3n) is 8.06. The molecule has 0 radical (unpaired) electrons. The highest BCUT2D eigenvalue weighted by Gasteiger charge is 2.34. The van der Waals surface area contributed by atoms with E-state index in [-0.39, 0.29) is 63.9 Å². The highest BCUT2D eigenvalue weighted by molar-refractivity contribution is 6.02. The predicted molar refractivity (Wildman–Crippen MR) is 162 cm³/mol. The van der Waals surface area contributed by atoms with E-state index in [0.717, 1.165) is 22.4 Å². The molecule has 0 amide bonds. The lowest BCUT2D eigenvalue weighted by atomic mass is 9.73. The first kappa shape index (κ1) is 30.3. The number of ether oxygens (including phenoxy) is 2. The van der Waals surface area contributed by atoms with Crippen LogP contribution in [-0.2, 0) is 12.8 Å². The third kappa shape index (κ3) is 6.79. The van der Waals surface area contributed by atoms with Gasteiger partial charge in [-0.3, -0.25) is 4.79 Å². The number of rotatable bonds is 12. The zero-order valence-corrected chi connectivity index (χ0v) is 24.4. The second kappa shape index (κ2) is 13.3. The van der Waals surface area contributed by atoms with E-state index in [2.05, 4.69) is 6.92 Å². The summed E-state index contributed by atoms with van der Waals surface area (Å²) in [6.45, 7) is 4.13. The van der Waals surface area contributed by atoms with Gasteiger partial charge in [0.15, 0.2) is 5.78 Å². The Bertz CT molecular complexity index is 1490. The molecule has 7 nitrogen and oxygen atoms in total. The quantitative estimate of drug-likeness (QED) is 0.136. The average Bonchev–Trinajstić information content (AvgIpc) is 2.99. The van der Waals surface area contributed by atoms with Crippen LogP contribution in [0.2, 0.25) is 0 Å². The summed E-state index contributed by atoms with van der Waals surface area (Å²) in [5, 5.41) is 42.6. The molecule has 4 aromatic rings. The molecule has 3 atom stereocenters. The zero-order chi connectivity index (χ0) is 30.4. The van der Waals surface area contributed by atoms with Gasteiger partial charge in [-0.25, -0.2) is 0 Å². The van der Waals surface area contributed by atoms with E-state index >= 15 is 0 Å². The summed E-state index contributed by atoms with van der Waals surface area (Å²) < 4.78 is 10.7. The molecule has 0 saturated carbocycles. The predicted octanol–water partition coefficient (Wildman–Crippen LogP) is 6.99. The maximum absolute atomic E-state index is 13.6. The number of hydrogen-bond acceptors (Lipinski definition) is 7. The number of methoxy groups -OCH3 is 2. The van der Waals surface area contributed by atoms with Crippen molar-refractivity contribution in [2.24, 2.45) is 11.8 Å². The Labute approximate surface area is 246 Å². The van der Waals surface area contributed by atoms with Gasteiger partial charge in [0.25, 0.3) is 0 Å². The molecular formula is C35H38O7. The Morgan fingerprint density at radius 2 is 1.33 bits per heavy atom. The summed E-state index contributed by atoms with van der Waals surface area (Å²) in [6.07, 6.45) is 1.25. The number of ketones is 1. The lowest BCUT2D eigenvalue weighted by molar-refractivity contribution is 0.0976. The Balaban J connectivity index is 1.73. The molecule has 0 fully saturated rings. The summed E-state index contributed by atoms with van der Waals surface area (Å²) in [7, 11) is 2.99. The van der Waals surface area contributed by atoms with Gasteiger partial charge in [-0.05, 0) is 77.8 Å². The van der Waals surface area contributed by atoms with Gasteiger partial charge in [-0.2, -0.15) is 0 Å². The lowest BCUT2D eigenvalue weighted by Gasteiger charge is -2.32.